The van der Waals surface area contributed by atoms with E-state index in [1.165, 1.54) is 0 Å². The normalized spacial score (nSPS) is 18.5. The zero-order chi connectivity index (χ0) is 14.0. The van der Waals surface area contributed by atoms with E-state index in [4.69, 9.17) is 28.9 Å². The molecule has 0 heterocycles. The van der Waals surface area contributed by atoms with Gasteiger partial charge in [0.1, 0.15) is 0 Å². The maximum atomic E-state index is 11.6. The van der Waals surface area contributed by atoms with Crippen LogP contribution in [0.1, 0.15) is 31.7 Å². The lowest BCUT2D eigenvalue weighted by Gasteiger charge is -2.43. The molecule has 3 N–H and O–H groups in total. The minimum Gasteiger partial charge on any atom is -0.354 e. The van der Waals surface area contributed by atoms with Crippen LogP contribution in [0, 0.1) is 0 Å². The average Bonchev–Trinajstić information content (AvgIpc) is 2.29. The quantitative estimate of drug-likeness (QED) is 0.898. The molecule has 5 heteroatoms. The molecule has 2 rings (SSSR count). The molecular formula is C14H18Cl2N2O. The molecule has 1 aliphatic rings. The number of nitrogens with one attached hydrogen (secondary N) is 1. The van der Waals surface area contributed by atoms with Crippen LogP contribution in [0.3, 0.4) is 0 Å². The minimum atomic E-state index is -0.488. The van der Waals surface area contributed by atoms with Crippen LogP contribution in [0.25, 0.3) is 0 Å². The van der Waals surface area contributed by atoms with Gasteiger partial charge in [0, 0.05) is 22.0 Å². The first-order valence-electron chi connectivity index (χ1n) is 6.43. The summed E-state index contributed by atoms with van der Waals surface area (Å²) < 4.78 is 0. The topological polar surface area (TPSA) is 55.1 Å². The van der Waals surface area contributed by atoms with Gasteiger partial charge in [0.15, 0.2) is 0 Å². The number of rotatable bonds is 4. The fourth-order valence-electron chi connectivity index (χ4n) is 2.48. The summed E-state index contributed by atoms with van der Waals surface area (Å²) in [5, 5.41) is 4.21. The Balaban J connectivity index is 2.16. The first kappa shape index (κ1) is 14.6. The lowest BCUT2D eigenvalue weighted by molar-refractivity contribution is -0.122. The Morgan fingerprint density at radius 2 is 2.16 bits per heavy atom. The molecule has 1 fully saturated rings. The third-order valence-electron chi connectivity index (χ3n) is 3.83. The van der Waals surface area contributed by atoms with Gasteiger partial charge in [-0.25, -0.2) is 0 Å². The van der Waals surface area contributed by atoms with Crippen molar-refractivity contribution in [3.05, 3.63) is 33.8 Å². The van der Waals surface area contributed by atoms with E-state index in [1.807, 2.05) is 12.1 Å². The van der Waals surface area contributed by atoms with Crippen molar-refractivity contribution < 1.29 is 4.79 Å². The molecule has 1 aromatic rings. The maximum Gasteiger partial charge on any atom is 0.236 e. The van der Waals surface area contributed by atoms with Crippen molar-refractivity contribution in [1.29, 1.82) is 0 Å². The van der Waals surface area contributed by atoms with Crippen LogP contribution >= 0.6 is 23.2 Å². The van der Waals surface area contributed by atoms with Crippen LogP contribution in [-0.2, 0) is 10.2 Å². The SMILES string of the molecule is CC(N)C(=O)NCC1(c2ccc(Cl)cc2Cl)CCC1. The summed E-state index contributed by atoms with van der Waals surface area (Å²) >= 11 is 12.2. The van der Waals surface area contributed by atoms with Crippen molar-refractivity contribution in [1.82, 2.24) is 5.32 Å². The van der Waals surface area contributed by atoms with Gasteiger partial charge in [0.2, 0.25) is 5.91 Å². The highest BCUT2D eigenvalue weighted by Crippen LogP contribution is 2.46. The molecule has 1 aromatic carbocycles. The molecule has 0 aromatic heterocycles. The summed E-state index contributed by atoms with van der Waals surface area (Å²) in [6.07, 6.45) is 3.19. The van der Waals surface area contributed by atoms with E-state index in [0.717, 1.165) is 24.8 Å². The first-order valence-corrected chi connectivity index (χ1v) is 7.19. The lowest BCUT2D eigenvalue weighted by atomic mass is 9.64. The fourth-order valence-corrected chi connectivity index (χ4v) is 3.09. The summed E-state index contributed by atoms with van der Waals surface area (Å²) in [4.78, 5) is 11.6. The number of hydrogen-bond donors (Lipinski definition) is 2. The number of hydrogen-bond acceptors (Lipinski definition) is 2. The first-order chi connectivity index (χ1) is 8.94. The zero-order valence-electron chi connectivity index (χ0n) is 10.9. The van der Waals surface area contributed by atoms with Gasteiger partial charge in [-0.3, -0.25) is 4.79 Å². The molecule has 104 valence electrons. The van der Waals surface area contributed by atoms with Crippen LogP contribution in [0.2, 0.25) is 10.0 Å². The van der Waals surface area contributed by atoms with Gasteiger partial charge in [-0.1, -0.05) is 35.7 Å². The van der Waals surface area contributed by atoms with E-state index in [9.17, 15) is 4.79 Å². The van der Waals surface area contributed by atoms with Crippen LogP contribution in [0.15, 0.2) is 18.2 Å². The summed E-state index contributed by atoms with van der Waals surface area (Å²) in [5.74, 6) is -0.128. The molecule has 19 heavy (non-hydrogen) atoms. The smallest absolute Gasteiger partial charge is 0.236 e. The van der Waals surface area contributed by atoms with Crippen molar-refractivity contribution in [3.63, 3.8) is 0 Å². The van der Waals surface area contributed by atoms with Crippen LogP contribution in [0.5, 0.6) is 0 Å². The highest BCUT2D eigenvalue weighted by atomic mass is 35.5. The third kappa shape index (κ3) is 3.04. The molecule has 1 unspecified atom stereocenters. The number of nitrogens with two attached hydrogens (primary N) is 1. The maximum absolute atomic E-state index is 11.6. The summed E-state index contributed by atoms with van der Waals surface area (Å²) in [6, 6.07) is 5.07. The fraction of sp³-hybridized carbons (Fsp3) is 0.500. The Bertz CT molecular complexity index is 484. The monoisotopic (exact) mass is 300 g/mol. The lowest BCUT2D eigenvalue weighted by Crippen LogP contribution is -2.49. The van der Waals surface area contributed by atoms with E-state index in [1.54, 1.807) is 13.0 Å². The Hall–Kier alpha value is -0.770. The molecule has 0 spiro atoms. The molecule has 0 saturated heterocycles. The van der Waals surface area contributed by atoms with E-state index in [0.29, 0.717) is 16.6 Å². The van der Waals surface area contributed by atoms with E-state index >= 15 is 0 Å². The standard InChI is InChI=1S/C14H18Cl2N2O/c1-9(17)13(19)18-8-14(5-2-6-14)11-4-3-10(15)7-12(11)16/h3-4,7,9H,2,5-6,8,17H2,1H3,(H,18,19). The highest BCUT2D eigenvalue weighted by molar-refractivity contribution is 6.35. The minimum absolute atomic E-state index is 0.0633. The number of amides is 1. The van der Waals surface area contributed by atoms with Crippen molar-refractivity contribution in [2.75, 3.05) is 6.54 Å². The van der Waals surface area contributed by atoms with Gasteiger partial charge >= 0.3 is 0 Å². The van der Waals surface area contributed by atoms with Gasteiger partial charge in [0.25, 0.3) is 0 Å². The Morgan fingerprint density at radius 1 is 1.47 bits per heavy atom. The van der Waals surface area contributed by atoms with Crippen molar-refractivity contribution in [2.24, 2.45) is 5.73 Å². The number of carbonyl (C=O) groups is 1. The molecule has 0 aliphatic heterocycles. The predicted molar refractivity (Wildman–Crippen MR) is 78.7 cm³/mol. The third-order valence-corrected chi connectivity index (χ3v) is 4.38. The predicted octanol–water partition coefficient (Wildman–Crippen LogP) is 2.88. The molecule has 1 atom stereocenters. The van der Waals surface area contributed by atoms with Crippen LogP contribution in [0.4, 0.5) is 0 Å². The molecule has 3 nitrogen and oxygen atoms in total. The van der Waals surface area contributed by atoms with Gasteiger partial charge in [-0.05, 0) is 37.5 Å². The second-order valence-electron chi connectivity index (χ2n) is 5.26. The van der Waals surface area contributed by atoms with E-state index in [2.05, 4.69) is 5.32 Å². The molecule has 0 radical (unpaired) electrons. The Labute approximate surface area is 123 Å². The van der Waals surface area contributed by atoms with Gasteiger partial charge in [0.05, 0.1) is 6.04 Å². The highest BCUT2D eigenvalue weighted by Gasteiger charge is 2.40. The second kappa shape index (κ2) is 5.70. The van der Waals surface area contributed by atoms with E-state index in [-0.39, 0.29) is 11.3 Å². The number of carbonyl (C=O) groups excluding carboxylic acids is 1. The molecule has 1 amide bonds. The Morgan fingerprint density at radius 3 is 2.63 bits per heavy atom. The summed E-state index contributed by atoms with van der Waals surface area (Å²) in [6.45, 7) is 2.26. The Kier molecular flexibility index (Phi) is 4.39. The molecular weight excluding hydrogens is 283 g/mol. The summed E-state index contributed by atoms with van der Waals surface area (Å²) in [5.41, 5.74) is 6.56. The molecule has 1 saturated carbocycles. The summed E-state index contributed by atoms with van der Waals surface area (Å²) in [7, 11) is 0. The second-order valence-corrected chi connectivity index (χ2v) is 6.11. The molecule has 1 aliphatic carbocycles. The van der Waals surface area contributed by atoms with Crippen LogP contribution < -0.4 is 11.1 Å². The van der Waals surface area contributed by atoms with E-state index < -0.39 is 6.04 Å². The average molecular weight is 301 g/mol. The van der Waals surface area contributed by atoms with Crippen molar-refractivity contribution >= 4 is 29.1 Å². The number of halogens is 2. The van der Waals surface area contributed by atoms with Crippen LogP contribution in [-0.4, -0.2) is 18.5 Å². The van der Waals surface area contributed by atoms with Gasteiger partial charge in [-0.15, -0.1) is 0 Å². The van der Waals surface area contributed by atoms with Gasteiger partial charge < -0.3 is 11.1 Å². The largest absolute Gasteiger partial charge is 0.354 e. The molecule has 0 bridgehead atoms. The zero-order valence-corrected chi connectivity index (χ0v) is 12.4. The number of benzene rings is 1. The van der Waals surface area contributed by atoms with Crippen molar-refractivity contribution in [2.45, 2.75) is 37.6 Å². The van der Waals surface area contributed by atoms with Crippen molar-refractivity contribution in [3.8, 4) is 0 Å². The van der Waals surface area contributed by atoms with Gasteiger partial charge in [-0.2, -0.15) is 0 Å².